The van der Waals surface area contributed by atoms with E-state index in [1.807, 2.05) is 44.2 Å². The van der Waals surface area contributed by atoms with E-state index in [4.69, 9.17) is 0 Å². The molecule has 2 nitrogen and oxygen atoms in total. The maximum absolute atomic E-state index is 13.7. The van der Waals surface area contributed by atoms with Crippen LogP contribution in [0.1, 0.15) is 25.0 Å². The fourth-order valence-corrected chi connectivity index (χ4v) is 2.25. The van der Waals surface area contributed by atoms with E-state index in [-0.39, 0.29) is 24.2 Å². The van der Waals surface area contributed by atoms with Gasteiger partial charge < -0.3 is 4.90 Å². The second-order valence-corrected chi connectivity index (χ2v) is 5.37. The second kappa shape index (κ2) is 7.02. The van der Waals surface area contributed by atoms with Crippen LogP contribution in [0.5, 0.6) is 0 Å². The third-order valence-electron chi connectivity index (χ3n) is 3.44. The molecule has 0 aliphatic carbocycles. The Balaban J connectivity index is 2.11. The first-order valence-electron chi connectivity index (χ1n) is 7.14. The van der Waals surface area contributed by atoms with Crippen molar-refractivity contribution in [2.75, 3.05) is 0 Å². The van der Waals surface area contributed by atoms with E-state index in [0.29, 0.717) is 12.1 Å². The predicted molar refractivity (Wildman–Crippen MR) is 82.2 cm³/mol. The Morgan fingerprint density at radius 1 is 1.05 bits per heavy atom. The first-order chi connectivity index (χ1) is 10.1. The highest BCUT2D eigenvalue weighted by molar-refractivity contribution is 5.79. The predicted octanol–water partition coefficient (Wildman–Crippen LogP) is 3.81. The fraction of sp³-hybridized carbons (Fsp3) is 0.278. The maximum atomic E-state index is 13.7. The summed E-state index contributed by atoms with van der Waals surface area (Å²) in [5.41, 5.74) is 1.52. The van der Waals surface area contributed by atoms with Crippen LogP contribution in [0.4, 0.5) is 4.39 Å². The van der Waals surface area contributed by atoms with Crippen LogP contribution >= 0.6 is 0 Å². The highest BCUT2D eigenvalue weighted by Gasteiger charge is 2.18. The van der Waals surface area contributed by atoms with Crippen molar-refractivity contribution in [2.45, 2.75) is 32.9 Å². The van der Waals surface area contributed by atoms with Crippen LogP contribution in [0.25, 0.3) is 0 Å². The zero-order chi connectivity index (χ0) is 15.2. The van der Waals surface area contributed by atoms with E-state index in [1.165, 1.54) is 6.07 Å². The first kappa shape index (κ1) is 15.2. The van der Waals surface area contributed by atoms with Crippen LogP contribution in [0, 0.1) is 5.82 Å². The van der Waals surface area contributed by atoms with E-state index in [2.05, 4.69) is 0 Å². The van der Waals surface area contributed by atoms with Gasteiger partial charge in [-0.2, -0.15) is 0 Å². The van der Waals surface area contributed by atoms with Crippen molar-refractivity contribution >= 4 is 5.91 Å². The lowest BCUT2D eigenvalue weighted by molar-refractivity contribution is -0.132. The van der Waals surface area contributed by atoms with Crippen molar-refractivity contribution in [1.82, 2.24) is 4.90 Å². The van der Waals surface area contributed by atoms with Crippen molar-refractivity contribution in [3.63, 3.8) is 0 Å². The lowest BCUT2D eigenvalue weighted by atomic mass is 10.1. The van der Waals surface area contributed by atoms with Crippen LogP contribution in [-0.4, -0.2) is 16.8 Å². The van der Waals surface area contributed by atoms with E-state index >= 15 is 0 Å². The molecule has 0 bridgehead atoms. The number of carbonyl (C=O) groups excluding carboxylic acids is 1. The quantitative estimate of drug-likeness (QED) is 0.818. The molecule has 0 saturated carbocycles. The Labute approximate surface area is 125 Å². The molecule has 2 aromatic carbocycles. The highest BCUT2D eigenvalue weighted by Crippen LogP contribution is 2.13. The van der Waals surface area contributed by atoms with E-state index in [0.717, 1.165) is 5.56 Å². The molecule has 110 valence electrons. The van der Waals surface area contributed by atoms with Gasteiger partial charge in [-0.25, -0.2) is 4.39 Å². The van der Waals surface area contributed by atoms with Gasteiger partial charge >= 0.3 is 0 Å². The van der Waals surface area contributed by atoms with Crippen molar-refractivity contribution in [3.05, 3.63) is 71.5 Å². The van der Waals surface area contributed by atoms with Crippen LogP contribution in [0.2, 0.25) is 0 Å². The molecule has 0 spiro atoms. The fourth-order valence-electron chi connectivity index (χ4n) is 2.25. The number of carbonyl (C=O) groups is 1. The first-order valence-corrected chi connectivity index (χ1v) is 7.14. The third kappa shape index (κ3) is 4.15. The van der Waals surface area contributed by atoms with E-state index < -0.39 is 0 Å². The Morgan fingerprint density at radius 3 is 2.29 bits per heavy atom. The largest absolute Gasteiger partial charge is 0.336 e. The van der Waals surface area contributed by atoms with Gasteiger partial charge in [-0.05, 0) is 31.0 Å². The van der Waals surface area contributed by atoms with E-state index in [1.54, 1.807) is 23.1 Å². The number of amides is 1. The summed E-state index contributed by atoms with van der Waals surface area (Å²) in [5, 5.41) is 0. The monoisotopic (exact) mass is 285 g/mol. The third-order valence-corrected chi connectivity index (χ3v) is 3.44. The van der Waals surface area contributed by atoms with Crippen LogP contribution in [-0.2, 0) is 17.8 Å². The van der Waals surface area contributed by atoms with Gasteiger partial charge in [0.05, 0.1) is 6.42 Å². The highest BCUT2D eigenvalue weighted by atomic mass is 19.1. The van der Waals surface area contributed by atoms with Crippen molar-refractivity contribution in [3.8, 4) is 0 Å². The summed E-state index contributed by atoms with van der Waals surface area (Å²) in [4.78, 5) is 14.2. The molecule has 21 heavy (non-hydrogen) atoms. The minimum atomic E-state index is -0.325. The lowest BCUT2D eigenvalue weighted by Crippen LogP contribution is -2.37. The Bertz CT molecular complexity index is 595. The van der Waals surface area contributed by atoms with Crippen molar-refractivity contribution in [1.29, 1.82) is 0 Å². The number of benzene rings is 2. The summed E-state index contributed by atoms with van der Waals surface area (Å²) < 4.78 is 13.7. The van der Waals surface area contributed by atoms with Crippen LogP contribution in [0.3, 0.4) is 0 Å². The molecule has 0 unspecified atom stereocenters. The summed E-state index contributed by atoms with van der Waals surface area (Å²) in [5.74, 6) is -0.381. The molecule has 0 heterocycles. The Morgan fingerprint density at radius 2 is 1.67 bits per heavy atom. The van der Waals surface area contributed by atoms with Crippen molar-refractivity contribution < 1.29 is 9.18 Å². The molecule has 0 aliphatic heterocycles. The number of nitrogens with zero attached hydrogens (tertiary/aromatic N) is 1. The molecule has 0 aliphatic rings. The van der Waals surface area contributed by atoms with Gasteiger partial charge in [0, 0.05) is 12.6 Å². The topological polar surface area (TPSA) is 20.3 Å². The number of hydrogen-bond donors (Lipinski definition) is 0. The zero-order valence-corrected chi connectivity index (χ0v) is 12.4. The molecule has 3 heteroatoms. The molecule has 0 N–H and O–H groups in total. The average molecular weight is 285 g/mol. The average Bonchev–Trinajstić information content (AvgIpc) is 2.48. The lowest BCUT2D eigenvalue weighted by Gasteiger charge is -2.27. The minimum Gasteiger partial charge on any atom is -0.336 e. The normalized spacial score (nSPS) is 10.7. The molecule has 2 rings (SSSR count). The van der Waals surface area contributed by atoms with Gasteiger partial charge in [0.15, 0.2) is 0 Å². The van der Waals surface area contributed by atoms with Crippen LogP contribution in [0.15, 0.2) is 54.6 Å². The van der Waals surface area contributed by atoms with E-state index in [9.17, 15) is 9.18 Å². The van der Waals surface area contributed by atoms with Crippen LogP contribution < -0.4 is 0 Å². The van der Waals surface area contributed by atoms with Gasteiger partial charge in [-0.3, -0.25) is 4.79 Å². The Hall–Kier alpha value is -2.16. The SMILES string of the molecule is CC(C)N(Cc1ccccc1)C(=O)Cc1ccccc1F. The molecule has 0 atom stereocenters. The second-order valence-electron chi connectivity index (χ2n) is 5.37. The maximum Gasteiger partial charge on any atom is 0.227 e. The molecule has 0 radical (unpaired) electrons. The van der Waals surface area contributed by atoms with Gasteiger partial charge in [-0.1, -0.05) is 48.5 Å². The van der Waals surface area contributed by atoms with Gasteiger partial charge in [-0.15, -0.1) is 0 Å². The molecular weight excluding hydrogens is 265 g/mol. The summed E-state index contributed by atoms with van der Waals surface area (Å²) in [6, 6.07) is 16.3. The summed E-state index contributed by atoms with van der Waals surface area (Å²) in [6.07, 6.45) is 0.0949. The summed E-state index contributed by atoms with van der Waals surface area (Å²) in [6.45, 7) is 4.50. The number of hydrogen-bond acceptors (Lipinski definition) is 1. The molecule has 0 aromatic heterocycles. The summed E-state index contributed by atoms with van der Waals surface area (Å²) in [7, 11) is 0. The van der Waals surface area contributed by atoms with Crippen molar-refractivity contribution in [2.24, 2.45) is 0 Å². The Kier molecular flexibility index (Phi) is 5.09. The van der Waals surface area contributed by atoms with Gasteiger partial charge in [0.25, 0.3) is 0 Å². The zero-order valence-electron chi connectivity index (χ0n) is 12.4. The number of rotatable bonds is 5. The molecule has 2 aromatic rings. The number of halogens is 1. The van der Waals surface area contributed by atoms with Gasteiger partial charge in [0.1, 0.15) is 5.82 Å². The minimum absolute atomic E-state index is 0.0565. The van der Waals surface area contributed by atoms with Gasteiger partial charge in [0.2, 0.25) is 5.91 Å². The molecular formula is C18H20FNO. The smallest absolute Gasteiger partial charge is 0.227 e. The standard InChI is InChI=1S/C18H20FNO/c1-14(2)20(13-15-8-4-3-5-9-15)18(21)12-16-10-6-7-11-17(16)19/h3-11,14H,12-13H2,1-2H3. The molecule has 1 amide bonds. The summed E-state index contributed by atoms with van der Waals surface area (Å²) >= 11 is 0. The molecule has 0 fully saturated rings. The molecule has 0 saturated heterocycles.